The van der Waals surface area contributed by atoms with Gasteiger partial charge >= 0.3 is 6.18 Å². The monoisotopic (exact) mass is 534 g/mol. The van der Waals surface area contributed by atoms with Crippen LogP contribution in [0.1, 0.15) is 47.2 Å². The second-order valence-electron chi connectivity index (χ2n) is 8.71. The number of benzene rings is 2. The molecule has 0 unspecified atom stereocenters. The van der Waals surface area contributed by atoms with Crippen LogP contribution >= 0.6 is 11.6 Å². The Labute approximate surface area is 205 Å². The lowest BCUT2D eigenvalue weighted by Crippen LogP contribution is -2.34. The summed E-state index contributed by atoms with van der Waals surface area (Å²) in [6, 6.07) is 6.88. The van der Waals surface area contributed by atoms with E-state index in [1.165, 1.54) is 12.1 Å². The highest BCUT2D eigenvalue weighted by molar-refractivity contribution is 7.91. The number of amides is 1. The Bertz CT molecular complexity index is 1200. The van der Waals surface area contributed by atoms with Crippen molar-refractivity contribution in [2.24, 2.45) is 0 Å². The number of carbonyl (C=O) groups excluding carboxylic acids is 1. The third-order valence-corrected chi connectivity index (χ3v) is 8.18. The summed E-state index contributed by atoms with van der Waals surface area (Å²) in [4.78, 5) is 14.3. The number of likely N-dealkylation sites (tertiary alicyclic amines) is 1. The zero-order chi connectivity index (χ0) is 25.4. The fraction of sp³-hybridized carbons (Fsp3) is 0.435. The van der Waals surface area contributed by atoms with E-state index in [1.807, 2.05) is 4.72 Å². The van der Waals surface area contributed by atoms with E-state index in [0.717, 1.165) is 49.2 Å². The summed E-state index contributed by atoms with van der Waals surface area (Å²) in [6.07, 6.45) is -1.84. The number of halogens is 5. The zero-order valence-corrected chi connectivity index (χ0v) is 20.0. The Morgan fingerprint density at radius 3 is 2.46 bits per heavy atom. The van der Waals surface area contributed by atoms with Gasteiger partial charge < -0.3 is 4.74 Å². The maximum Gasteiger partial charge on any atom is 0.416 e. The van der Waals surface area contributed by atoms with Crippen LogP contribution < -0.4 is 9.46 Å². The number of rotatable bonds is 8. The molecule has 0 radical (unpaired) electrons. The summed E-state index contributed by atoms with van der Waals surface area (Å²) in [6.45, 7) is 1.32. The molecule has 2 aliphatic rings. The number of hydrogen-bond donors (Lipinski definition) is 1. The number of nitrogens with one attached hydrogen (secondary N) is 1. The van der Waals surface area contributed by atoms with Crippen LogP contribution in [0.5, 0.6) is 5.75 Å². The highest BCUT2D eigenvalue weighted by Gasteiger charge is 2.37. The van der Waals surface area contributed by atoms with Crippen molar-refractivity contribution in [3.63, 3.8) is 0 Å². The molecule has 12 heteroatoms. The molecule has 1 saturated carbocycles. The van der Waals surface area contributed by atoms with Crippen molar-refractivity contribution in [3.05, 3.63) is 63.9 Å². The SMILES string of the molecule is O=C(NS(=O)(=O)C1CC1)c1cc(Cl)c(OC[C@H]2CCCN2Cc2ccc(C(F)(F)F)cc2)cc1F. The van der Waals surface area contributed by atoms with Gasteiger partial charge in [0.1, 0.15) is 18.2 Å². The molecule has 190 valence electrons. The largest absolute Gasteiger partial charge is 0.490 e. The smallest absolute Gasteiger partial charge is 0.416 e. The molecule has 1 amide bonds. The Hall–Kier alpha value is -2.37. The molecule has 2 fully saturated rings. The van der Waals surface area contributed by atoms with Crippen molar-refractivity contribution in [1.82, 2.24) is 9.62 Å². The van der Waals surface area contributed by atoms with Gasteiger partial charge in [0.15, 0.2) is 0 Å². The lowest BCUT2D eigenvalue weighted by molar-refractivity contribution is -0.137. The zero-order valence-electron chi connectivity index (χ0n) is 18.4. The molecule has 1 atom stereocenters. The number of alkyl halides is 3. The van der Waals surface area contributed by atoms with Crippen molar-refractivity contribution < 1.29 is 35.5 Å². The van der Waals surface area contributed by atoms with Gasteiger partial charge in [-0.2, -0.15) is 13.2 Å². The Morgan fingerprint density at radius 2 is 1.83 bits per heavy atom. The summed E-state index contributed by atoms with van der Waals surface area (Å²) in [5.74, 6) is -2.06. The molecule has 0 aromatic heterocycles. The van der Waals surface area contributed by atoms with Gasteiger partial charge in [-0.05, 0) is 56.0 Å². The van der Waals surface area contributed by atoms with Crippen molar-refractivity contribution in [1.29, 1.82) is 0 Å². The molecular formula is C23H23ClF4N2O4S. The molecule has 1 aliphatic heterocycles. The minimum absolute atomic E-state index is 0.00662. The molecular weight excluding hydrogens is 512 g/mol. The van der Waals surface area contributed by atoms with Gasteiger partial charge in [-0.1, -0.05) is 23.7 Å². The van der Waals surface area contributed by atoms with E-state index < -0.39 is 44.3 Å². The second-order valence-corrected chi connectivity index (χ2v) is 11.1. The first kappa shape index (κ1) is 25.7. The van der Waals surface area contributed by atoms with Crippen LogP contribution in [0.2, 0.25) is 5.02 Å². The molecule has 0 bridgehead atoms. The lowest BCUT2D eigenvalue weighted by Gasteiger charge is -2.25. The topological polar surface area (TPSA) is 75.7 Å². The van der Waals surface area contributed by atoms with E-state index in [1.54, 1.807) is 0 Å². The van der Waals surface area contributed by atoms with Crippen LogP contribution in [-0.4, -0.2) is 43.7 Å². The quantitative estimate of drug-likeness (QED) is 0.494. The standard InChI is InChI=1S/C23H23ClF4N2O4S/c24-19-10-18(22(31)29-35(32,33)17-7-8-17)20(25)11-21(19)34-13-16-2-1-9-30(16)12-14-3-5-15(6-4-14)23(26,27)28/h3-6,10-11,16-17H,1-2,7-9,12-13H2,(H,29,31)/t16-/m1/s1. The van der Waals surface area contributed by atoms with Crippen LogP contribution in [0.25, 0.3) is 0 Å². The van der Waals surface area contributed by atoms with E-state index in [9.17, 15) is 30.8 Å². The van der Waals surface area contributed by atoms with Crippen molar-refractivity contribution in [2.45, 2.75) is 49.7 Å². The summed E-state index contributed by atoms with van der Waals surface area (Å²) in [5, 5.41) is -0.683. The van der Waals surface area contributed by atoms with E-state index in [0.29, 0.717) is 19.4 Å². The number of ether oxygens (including phenoxy) is 1. The minimum Gasteiger partial charge on any atom is -0.490 e. The predicted molar refractivity (Wildman–Crippen MR) is 121 cm³/mol. The average Bonchev–Trinajstić information content (AvgIpc) is 3.56. The van der Waals surface area contributed by atoms with Crippen LogP contribution in [0.4, 0.5) is 17.6 Å². The van der Waals surface area contributed by atoms with Gasteiger partial charge in [-0.3, -0.25) is 9.69 Å². The third kappa shape index (κ3) is 6.25. The molecule has 4 rings (SSSR count). The average molecular weight is 535 g/mol. The highest BCUT2D eigenvalue weighted by Crippen LogP contribution is 2.32. The molecule has 1 aliphatic carbocycles. The Kier molecular flexibility index (Phi) is 7.31. The van der Waals surface area contributed by atoms with Crippen molar-refractivity contribution >= 4 is 27.5 Å². The van der Waals surface area contributed by atoms with Crippen LogP contribution in [0.15, 0.2) is 36.4 Å². The summed E-state index contributed by atoms with van der Waals surface area (Å²) < 4.78 is 84.3. The minimum atomic E-state index is -4.39. The highest BCUT2D eigenvalue weighted by atomic mass is 35.5. The third-order valence-electron chi connectivity index (χ3n) is 6.06. The molecule has 1 saturated heterocycles. The molecule has 1 heterocycles. The van der Waals surface area contributed by atoms with Gasteiger partial charge in [0.25, 0.3) is 5.91 Å². The Morgan fingerprint density at radius 1 is 1.14 bits per heavy atom. The van der Waals surface area contributed by atoms with Gasteiger partial charge in [-0.25, -0.2) is 17.5 Å². The fourth-order valence-electron chi connectivity index (χ4n) is 3.97. The molecule has 6 nitrogen and oxygen atoms in total. The molecule has 0 spiro atoms. The summed E-state index contributed by atoms with van der Waals surface area (Å²) in [7, 11) is -3.84. The maximum atomic E-state index is 14.6. The molecule has 1 N–H and O–H groups in total. The van der Waals surface area contributed by atoms with E-state index in [-0.39, 0.29) is 23.4 Å². The number of nitrogens with zero attached hydrogens (tertiary/aromatic N) is 1. The van der Waals surface area contributed by atoms with Crippen LogP contribution in [0.3, 0.4) is 0 Å². The summed E-state index contributed by atoms with van der Waals surface area (Å²) in [5.41, 5.74) is -0.483. The number of sulfonamides is 1. The molecule has 35 heavy (non-hydrogen) atoms. The molecule has 2 aromatic carbocycles. The van der Waals surface area contributed by atoms with Gasteiger partial charge in [-0.15, -0.1) is 0 Å². The number of hydrogen-bond acceptors (Lipinski definition) is 5. The van der Waals surface area contributed by atoms with Gasteiger partial charge in [0.05, 0.1) is 21.4 Å². The molecule has 2 aromatic rings. The lowest BCUT2D eigenvalue weighted by atomic mass is 10.1. The predicted octanol–water partition coefficient (Wildman–Crippen LogP) is 4.76. The Balaban J connectivity index is 1.37. The maximum absolute atomic E-state index is 14.6. The fourth-order valence-corrected chi connectivity index (χ4v) is 5.48. The second kappa shape index (κ2) is 9.94. The van der Waals surface area contributed by atoms with Crippen molar-refractivity contribution in [3.8, 4) is 5.75 Å². The first-order valence-corrected chi connectivity index (χ1v) is 12.9. The van der Waals surface area contributed by atoms with E-state index in [4.69, 9.17) is 16.3 Å². The first-order valence-electron chi connectivity index (χ1n) is 11.0. The summed E-state index contributed by atoms with van der Waals surface area (Å²) >= 11 is 6.17. The van der Waals surface area contributed by atoms with Gasteiger partial charge in [0.2, 0.25) is 10.0 Å². The van der Waals surface area contributed by atoms with Gasteiger partial charge in [0, 0.05) is 18.7 Å². The van der Waals surface area contributed by atoms with Crippen molar-refractivity contribution in [2.75, 3.05) is 13.2 Å². The van der Waals surface area contributed by atoms with Crippen LogP contribution in [-0.2, 0) is 22.7 Å². The van der Waals surface area contributed by atoms with Crippen LogP contribution in [0, 0.1) is 5.82 Å². The number of carbonyl (C=O) groups is 1. The normalized spacial score (nSPS) is 19.1. The van der Waals surface area contributed by atoms with E-state index in [2.05, 4.69) is 4.90 Å². The first-order chi connectivity index (χ1) is 16.4. The van der Waals surface area contributed by atoms with E-state index >= 15 is 0 Å².